The third-order valence-corrected chi connectivity index (χ3v) is 6.02. The number of carbonyl (C=O) groups excluding carboxylic acids is 1. The summed E-state index contributed by atoms with van der Waals surface area (Å²) in [5.41, 5.74) is 1.38. The largest absolute Gasteiger partial charge is 0.382 e. The second-order valence-corrected chi connectivity index (χ2v) is 8.16. The van der Waals surface area contributed by atoms with E-state index in [0.29, 0.717) is 25.0 Å². The number of aromatic nitrogens is 1. The molecule has 1 aromatic heterocycles. The number of pyridine rings is 1. The van der Waals surface area contributed by atoms with Gasteiger partial charge in [0, 0.05) is 48.9 Å². The maximum absolute atomic E-state index is 14.0. The van der Waals surface area contributed by atoms with E-state index in [0.717, 1.165) is 37.0 Å². The SMILES string of the molecule is C=NC[C@@H]1C[C@H](F)CN1C(=O)CN1CCC(Nc2cc(F)cc3ncccc23)CC1. The Kier molecular flexibility index (Phi) is 6.22. The van der Waals surface area contributed by atoms with E-state index >= 15 is 0 Å². The van der Waals surface area contributed by atoms with E-state index in [1.54, 1.807) is 11.1 Å². The van der Waals surface area contributed by atoms with Gasteiger partial charge in [0.1, 0.15) is 12.0 Å². The summed E-state index contributed by atoms with van der Waals surface area (Å²) in [4.78, 5) is 24.5. The molecule has 2 saturated heterocycles. The van der Waals surface area contributed by atoms with Gasteiger partial charge in [-0.1, -0.05) is 0 Å². The summed E-state index contributed by atoms with van der Waals surface area (Å²) in [5.74, 6) is -0.357. The molecule has 0 spiro atoms. The van der Waals surface area contributed by atoms with Crippen LogP contribution in [0.2, 0.25) is 0 Å². The number of nitrogens with one attached hydrogen (secondary N) is 1. The number of hydrogen-bond donors (Lipinski definition) is 1. The Balaban J connectivity index is 1.32. The molecule has 2 aliphatic heterocycles. The van der Waals surface area contributed by atoms with Gasteiger partial charge in [-0.2, -0.15) is 0 Å². The van der Waals surface area contributed by atoms with Crippen LogP contribution in [0.15, 0.2) is 35.5 Å². The van der Waals surface area contributed by atoms with Gasteiger partial charge < -0.3 is 10.2 Å². The van der Waals surface area contributed by atoms with Crippen molar-refractivity contribution < 1.29 is 13.6 Å². The van der Waals surface area contributed by atoms with E-state index in [-0.39, 0.29) is 30.4 Å². The molecule has 2 aromatic rings. The monoisotopic (exact) mass is 415 g/mol. The molecule has 160 valence electrons. The van der Waals surface area contributed by atoms with Crippen molar-refractivity contribution in [1.29, 1.82) is 0 Å². The Morgan fingerprint density at radius 3 is 2.90 bits per heavy atom. The summed E-state index contributed by atoms with van der Waals surface area (Å²) < 4.78 is 27.7. The smallest absolute Gasteiger partial charge is 0.237 e. The zero-order valence-corrected chi connectivity index (χ0v) is 16.9. The van der Waals surface area contributed by atoms with Gasteiger partial charge in [0.25, 0.3) is 0 Å². The highest BCUT2D eigenvalue weighted by Gasteiger charge is 2.35. The number of likely N-dealkylation sites (tertiary alicyclic amines) is 2. The van der Waals surface area contributed by atoms with Crippen molar-refractivity contribution in [3.63, 3.8) is 0 Å². The van der Waals surface area contributed by atoms with Crippen molar-refractivity contribution in [2.24, 2.45) is 4.99 Å². The molecular formula is C22H27F2N5O. The minimum atomic E-state index is -0.980. The molecule has 8 heteroatoms. The maximum atomic E-state index is 14.0. The number of fused-ring (bicyclic) bond motifs is 1. The summed E-state index contributed by atoms with van der Waals surface area (Å²) in [7, 11) is 0. The molecule has 0 saturated carbocycles. The van der Waals surface area contributed by atoms with Crippen LogP contribution in [-0.4, -0.2) is 78.4 Å². The summed E-state index contributed by atoms with van der Waals surface area (Å²) in [6.07, 6.45) is 2.70. The Bertz CT molecular complexity index is 916. The molecule has 2 aliphatic rings. The zero-order valence-electron chi connectivity index (χ0n) is 16.9. The molecule has 0 aliphatic carbocycles. The second-order valence-electron chi connectivity index (χ2n) is 8.16. The lowest BCUT2D eigenvalue weighted by atomic mass is 10.0. The first kappa shape index (κ1) is 20.7. The fourth-order valence-electron chi connectivity index (χ4n) is 4.49. The number of piperidine rings is 1. The molecule has 1 N–H and O–H groups in total. The van der Waals surface area contributed by atoms with E-state index < -0.39 is 6.17 Å². The van der Waals surface area contributed by atoms with Crippen molar-refractivity contribution >= 4 is 29.2 Å². The minimum Gasteiger partial charge on any atom is -0.382 e. The normalized spacial score (nSPS) is 23.1. The third kappa shape index (κ3) is 4.59. The van der Waals surface area contributed by atoms with Crippen LogP contribution >= 0.6 is 0 Å². The minimum absolute atomic E-state index is 0.0441. The first-order chi connectivity index (χ1) is 14.5. The number of halogens is 2. The molecule has 1 aromatic carbocycles. The van der Waals surface area contributed by atoms with Crippen LogP contribution in [0.1, 0.15) is 19.3 Å². The van der Waals surface area contributed by atoms with Crippen LogP contribution in [-0.2, 0) is 4.79 Å². The van der Waals surface area contributed by atoms with Crippen LogP contribution in [0.3, 0.4) is 0 Å². The average Bonchev–Trinajstić information content (AvgIpc) is 3.10. The van der Waals surface area contributed by atoms with Gasteiger partial charge in [0.2, 0.25) is 5.91 Å². The van der Waals surface area contributed by atoms with Crippen LogP contribution in [0.5, 0.6) is 0 Å². The van der Waals surface area contributed by atoms with Gasteiger partial charge in [-0.15, -0.1) is 0 Å². The van der Waals surface area contributed by atoms with E-state index in [2.05, 4.69) is 26.9 Å². The maximum Gasteiger partial charge on any atom is 0.237 e. The van der Waals surface area contributed by atoms with E-state index in [1.165, 1.54) is 12.1 Å². The molecule has 0 radical (unpaired) electrons. The van der Waals surface area contributed by atoms with Gasteiger partial charge in [-0.05, 0) is 37.8 Å². The average molecular weight is 415 g/mol. The Morgan fingerprint density at radius 1 is 1.33 bits per heavy atom. The topological polar surface area (TPSA) is 60.8 Å². The fraction of sp³-hybridized carbons (Fsp3) is 0.500. The summed E-state index contributed by atoms with van der Waals surface area (Å²) in [6, 6.07) is 6.73. The number of hydrogen-bond acceptors (Lipinski definition) is 5. The third-order valence-electron chi connectivity index (χ3n) is 6.02. The predicted octanol–water partition coefficient (Wildman–Crippen LogP) is 2.89. The van der Waals surface area contributed by atoms with Gasteiger partial charge in [0.05, 0.1) is 31.2 Å². The fourth-order valence-corrected chi connectivity index (χ4v) is 4.49. The second kappa shape index (κ2) is 9.04. The number of aliphatic imine (C=N–C) groups is 1. The van der Waals surface area contributed by atoms with E-state index in [1.807, 2.05) is 12.1 Å². The molecule has 4 rings (SSSR count). The quantitative estimate of drug-likeness (QED) is 0.737. The van der Waals surface area contributed by atoms with E-state index in [4.69, 9.17) is 0 Å². The van der Waals surface area contributed by atoms with Crippen molar-refractivity contribution in [3.05, 3.63) is 36.3 Å². The van der Waals surface area contributed by atoms with E-state index in [9.17, 15) is 13.6 Å². The summed E-state index contributed by atoms with van der Waals surface area (Å²) >= 11 is 0. The molecule has 2 fully saturated rings. The van der Waals surface area contributed by atoms with Crippen LogP contribution < -0.4 is 5.32 Å². The molecule has 0 unspecified atom stereocenters. The van der Waals surface area contributed by atoms with Gasteiger partial charge in [-0.3, -0.25) is 19.7 Å². The van der Waals surface area contributed by atoms with Crippen LogP contribution in [0, 0.1) is 5.82 Å². The lowest BCUT2D eigenvalue weighted by Crippen LogP contribution is -2.47. The summed E-state index contributed by atoms with van der Waals surface area (Å²) in [5, 5.41) is 4.35. The Morgan fingerprint density at radius 2 is 2.13 bits per heavy atom. The number of rotatable bonds is 6. The molecular weight excluding hydrogens is 388 g/mol. The van der Waals surface area contributed by atoms with Gasteiger partial charge >= 0.3 is 0 Å². The highest BCUT2D eigenvalue weighted by Crippen LogP contribution is 2.26. The lowest BCUT2D eigenvalue weighted by molar-refractivity contribution is -0.133. The standard InChI is InChI=1S/C22H27F2N5O/c1-25-12-18-9-16(24)13-29(18)22(30)14-28-7-4-17(5-8-28)27-21-11-15(23)10-20-19(21)3-2-6-26-20/h2-3,6,10-11,16-18,27H,1,4-5,7-9,12-14H2/t16-,18-/m0/s1. The first-order valence-electron chi connectivity index (χ1n) is 10.4. The Hall–Kier alpha value is -2.61. The van der Waals surface area contributed by atoms with Crippen molar-refractivity contribution in [1.82, 2.24) is 14.8 Å². The van der Waals surface area contributed by atoms with Crippen molar-refractivity contribution in [2.75, 3.05) is 38.0 Å². The van der Waals surface area contributed by atoms with Gasteiger partial charge in [0.15, 0.2) is 0 Å². The molecule has 6 nitrogen and oxygen atoms in total. The zero-order chi connectivity index (χ0) is 21.1. The number of benzene rings is 1. The van der Waals surface area contributed by atoms with Gasteiger partial charge in [-0.25, -0.2) is 8.78 Å². The highest BCUT2D eigenvalue weighted by atomic mass is 19.1. The van der Waals surface area contributed by atoms with Crippen LogP contribution in [0.4, 0.5) is 14.5 Å². The van der Waals surface area contributed by atoms with Crippen molar-refractivity contribution in [2.45, 2.75) is 37.5 Å². The molecule has 1 amide bonds. The van der Waals surface area contributed by atoms with Crippen molar-refractivity contribution in [3.8, 4) is 0 Å². The molecule has 2 atom stereocenters. The number of nitrogens with zero attached hydrogens (tertiary/aromatic N) is 4. The molecule has 3 heterocycles. The molecule has 0 bridgehead atoms. The first-order valence-corrected chi connectivity index (χ1v) is 10.4. The molecule has 30 heavy (non-hydrogen) atoms. The highest BCUT2D eigenvalue weighted by molar-refractivity contribution is 5.91. The Labute approximate surface area is 175 Å². The summed E-state index contributed by atoms with van der Waals surface area (Å²) in [6.45, 7) is 5.81. The van der Waals surface area contributed by atoms with Crippen LogP contribution in [0.25, 0.3) is 10.9 Å². The predicted molar refractivity (Wildman–Crippen MR) is 114 cm³/mol. The number of alkyl halides is 1. The number of anilines is 1. The lowest BCUT2D eigenvalue weighted by Gasteiger charge is -2.34. The number of amides is 1. The number of carbonyl (C=O) groups is 1.